The lowest BCUT2D eigenvalue weighted by molar-refractivity contribution is 0.128. The van der Waals surface area contributed by atoms with Gasteiger partial charge in [0.1, 0.15) is 11.8 Å². The Labute approximate surface area is 195 Å². The third kappa shape index (κ3) is 3.38. The van der Waals surface area contributed by atoms with Crippen LogP contribution in [0.1, 0.15) is 22.9 Å². The number of aromatic nitrogens is 1. The summed E-state index contributed by atoms with van der Waals surface area (Å²) in [6.07, 6.45) is -0.360. The lowest BCUT2D eigenvalue weighted by Crippen LogP contribution is -2.39. The van der Waals surface area contributed by atoms with E-state index in [0.29, 0.717) is 23.0 Å². The molecule has 0 spiro atoms. The third-order valence-electron chi connectivity index (χ3n) is 6.05. The van der Waals surface area contributed by atoms with Crippen molar-refractivity contribution >= 4 is 40.2 Å². The van der Waals surface area contributed by atoms with E-state index in [1.807, 2.05) is 60.7 Å². The van der Waals surface area contributed by atoms with Crippen molar-refractivity contribution in [3.05, 3.63) is 87.5 Å². The predicted octanol–water partition coefficient (Wildman–Crippen LogP) is 6.78. The molecule has 32 heavy (non-hydrogen) atoms. The molecule has 2 heterocycles. The minimum Gasteiger partial charge on any atom is -0.497 e. The van der Waals surface area contributed by atoms with Gasteiger partial charge in [-0.25, -0.2) is 4.79 Å². The van der Waals surface area contributed by atoms with Crippen LogP contribution in [0.2, 0.25) is 10.0 Å². The van der Waals surface area contributed by atoms with Crippen LogP contribution in [0.25, 0.3) is 22.0 Å². The Morgan fingerprint density at radius 3 is 2.44 bits per heavy atom. The first kappa shape index (κ1) is 20.7. The van der Waals surface area contributed by atoms with Gasteiger partial charge in [0, 0.05) is 38.8 Å². The number of hydrogen-bond acceptors (Lipinski definition) is 2. The van der Waals surface area contributed by atoms with Crippen molar-refractivity contribution in [3.63, 3.8) is 0 Å². The van der Waals surface area contributed by atoms with E-state index in [-0.39, 0.29) is 0 Å². The van der Waals surface area contributed by atoms with E-state index in [1.165, 1.54) is 4.90 Å². The van der Waals surface area contributed by atoms with Crippen LogP contribution < -0.4 is 4.74 Å². The van der Waals surface area contributed by atoms with E-state index in [1.54, 1.807) is 7.11 Å². The zero-order valence-corrected chi connectivity index (χ0v) is 18.7. The highest BCUT2D eigenvalue weighted by atomic mass is 35.5. The summed E-state index contributed by atoms with van der Waals surface area (Å²) in [5.41, 5.74) is 5.65. The fourth-order valence-corrected chi connectivity index (χ4v) is 4.99. The summed E-state index contributed by atoms with van der Waals surface area (Å²) in [4.78, 5) is 17.1. The van der Waals surface area contributed by atoms with E-state index < -0.39 is 12.1 Å². The second-order valence-electron chi connectivity index (χ2n) is 7.77. The number of carboxylic acid groups (broad SMARTS) is 1. The number of nitrogens with one attached hydrogen (secondary N) is 1. The smallest absolute Gasteiger partial charge is 0.408 e. The van der Waals surface area contributed by atoms with Gasteiger partial charge in [-0.3, -0.25) is 4.90 Å². The molecule has 4 aromatic rings. The largest absolute Gasteiger partial charge is 0.497 e. The Bertz CT molecular complexity index is 1310. The van der Waals surface area contributed by atoms with Gasteiger partial charge in [0.15, 0.2) is 0 Å². The molecule has 7 heteroatoms. The first-order chi connectivity index (χ1) is 15.5. The van der Waals surface area contributed by atoms with Crippen LogP contribution >= 0.6 is 23.2 Å². The molecular formula is C25H20Cl2N2O3. The van der Waals surface area contributed by atoms with Crippen molar-refractivity contribution in [2.45, 2.75) is 12.5 Å². The van der Waals surface area contributed by atoms with Crippen LogP contribution in [0.3, 0.4) is 0 Å². The number of ether oxygens (including phenoxy) is 1. The monoisotopic (exact) mass is 466 g/mol. The van der Waals surface area contributed by atoms with Gasteiger partial charge in [0.05, 0.1) is 7.11 Å². The highest BCUT2D eigenvalue weighted by Crippen LogP contribution is 2.44. The zero-order chi connectivity index (χ0) is 22.4. The van der Waals surface area contributed by atoms with Crippen molar-refractivity contribution in [1.29, 1.82) is 0 Å². The number of halogens is 2. The zero-order valence-electron chi connectivity index (χ0n) is 17.2. The molecule has 0 fully saturated rings. The van der Waals surface area contributed by atoms with Crippen LogP contribution in [-0.2, 0) is 6.42 Å². The number of nitrogens with zero attached hydrogens (tertiary/aromatic N) is 1. The molecule has 5 rings (SSSR count). The lowest BCUT2D eigenvalue weighted by Gasteiger charge is -2.34. The molecule has 1 aliphatic heterocycles. The Morgan fingerprint density at radius 1 is 1.06 bits per heavy atom. The van der Waals surface area contributed by atoms with E-state index >= 15 is 0 Å². The Hall–Kier alpha value is -3.15. The van der Waals surface area contributed by atoms with E-state index in [2.05, 4.69) is 4.98 Å². The molecule has 1 atom stereocenters. The van der Waals surface area contributed by atoms with Gasteiger partial charge in [-0.1, -0.05) is 47.5 Å². The summed E-state index contributed by atoms with van der Waals surface area (Å²) < 4.78 is 5.27. The second-order valence-corrected chi connectivity index (χ2v) is 8.61. The third-order valence-corrected chi connectivity index (χ3v) is 6.62. The van der Waals surface area contributed by atoms with E-state index in [9.17, 15) is 9.90 Å². The molecule has 0 saturated carbocycles. The number of aromatic amines is 1. The van der Waals surface area contributed by atoms with Crippen molar-refractivity contribution < 1.29 is 14.6 Å². The standard InChI is InChI=1S/C25H20Cl2N2O3/c1-32-17-8-4-15(5-9-17)24-23-18(12-13-29(24)25(30)31)22-20(28-23)11-10-19(27)21(22)14-2-6-16(26)7-3-14/h2-11,24,28H,12-13H2,1H3,(H,30,31). The van der Waals surface area contributed by atoms with Crippen molar-refractivity contribution in [2.24, 2.45) is 0 Å². The highest BCUT2D eigenvalue weighted by molar-refractivity contribution is 6.35. The first-order valence-electron chi connectivity index (χ1n) is 10.2. The molecule has 162 valence electrons. The molecule has 0 radical (unpaired) electrons. The summed E-state index contributed by atoms with van der Waals surface area (Å²) in [5.74, 6) is 0.722. The number of rotatable bonds is 3. The number of fused-ring (bicyclic) bond motifs is 3. The SMILES string of the molecule is COc1ccc(C2c3[nH]c4ccc(Cl)c(-c5ccc(Cl)cc5)c4c3CCN2C(=O)O)cc1. The average molecular weight is 467 g/mol. The minimum atomic E-state index is -0.953. The molecule has 0 aliphatic carbocycles. The fraction of sp³-hybridized carbons (Fsp3) is 0.160. The lowest BCUT2D eigenvalue weighted by atomic mass is 9.90. The number of methoxy groups -OCH3 is 1. The number of H-pyrrole nitrogens is 1. The number of hydrogen-bond donors (Lipinski definition) is 2. The van der Waals surface area contributed by atoms with Crippen LogP contribution in [-0.4, -0.2) is 34.7 Å². The Morgan fingerprint density at radius 2 is 1.78 bits per heavy atom. The average Bonchev–Trinajstić information content (AvgIpc) is 3.18. The molecule has 2 N–H and O–H groups in total. The molecule has 3 aromatic carbocycles. The molecule has 5 nitrogen and oxygen atoms in total. The van der Waals surface area contributed by atoms with Gasteiger partial charge in [0.25, 0.3) is 0 Å². The normalized spacial score (nSPS) is 15.6. The van der Waals surface area contributed by atoms with Gasteiger partial charge in [-0.05, 0) is 59.5 Å². The molecule has 0 bridgehead atoms. The molecular weight excluding hydrogens is 447 g/mol. The predicted molar refractivity (Wildman–Crippen MR) is 127 cm³/mol. The highest BCUT2D eigenvalue weighted by Gasteiger charge is 2.35. The van der Waals surface area contributed by atoms with Crippen molar-refractivity contribution in [1.82, 2.24) is 9.88 Å². The number of amides is 1. The molecule has 1 amide bonds. The molecule has 0 saturated heterocycles. The van der Waals surface area contributed by atoms with Crippen LogP contribution in [0.5, 0.6) is 5.75 Å². The quantitative estimate of drug-likeness (QED) is 0.349. The van der Waals surface area contributed by atoms with Crippen LogP contribution in [0, 0.1) is 0 Å². The fourth-order valence-electron chi connectivity index (χ4n) is 4.60. The summed E-state index contributed by atoms with van der Waals surface area (Å²) in [5, 5.41) is 12.3. The Balaban J connectivity index is 1.74. The van der Waals surface area contributed by atoms with E-state index in [4.69, 9.17) is 27.9 Å². The number of carbonyl (C=O) groups is 1. The van der Waals surface area contributed by atoms with Gasteiger partial charge in [-0.15, -0.1) is 0 Å². The summed E-state index contributed by atoms with van der Waals surface area (Å²) in [7, 11) is 1.61. The molecule has 1 aliphatic rings. The first-order valence-corrected chi connectivity index (χ1v) is 11.0. The van der Waals surface area contributed by atoms with E-state index in [0.717, 1.165) is 44.6 Å². The number of benzene rings is 3. The summed E-state index contributed by atoms with van der Waals surface area (Å²) >= 11 is 12.8. The van der Waals surface area contributed by atoms with Crippen molar-refractivity contribution in [2.75, 3.05) is 13.7 Å². The van der Waals surface area contributed by atoms with Gasteiger partial charge in [0.2, 0.25) is 0 Å². The second kappa shape index (κ2) is 8.08. The summed E-state index contributed by atoms with van der Waals surface area (Å²) in [6, 6.07) is 18.5. The van der Waals surface area contributed by atoms with Gasteiger partial charge < -0.3 is 14.8 Å². The van der Waals surface area contributed by atoms with Crippen LogP contribution in [0.4, 0.5) is 4.79 Å². The molecule has 1 unspecified atom stereocenters. The van der Waals surface area contributed by atoms with Gasteiger partial charge >= 0.3 is 6.09 Å². The van der Waals surface area contributed by atoms with Crippen molar-refractivity contribution in [3.8, 4) is 16.9 Å². The maximum absolute atomic E-state index is 12.1. The Kier molecular flexibility index (Phi) is 5.24. The summed E-state index contributed by atoms with van der Waals surface area (Å²) in [6.45, 7) is 0.387. The topological polar surface area (TPSA) is 65.6 Å². The minimum absolute atomic E-state index is 0.387. The van der Waals surface area contributed by atoms with Gasteiger partial charge in [-0.2, -0.15) is 0 Å². The maximum Gasteiger partial charge on any atom is 0.408 e. The maximum atomic E-state index is 12.1. The van der Waals surface area contributed by atoms with Crippen LogP contribution in [0.15, 0.2) is 60.7 Å². The molecule has 1 aromatic heterocycles.